The van der Waals surface area contributed by atoms with E-state index in [9.17, 15) is 22.8 Å². The predicted molar refractivity (Wildman–Crippen MR) is 74.9 cm³/mol. The summed E-state index contributed by atoms with van der Waals surface area (Å²) in [5.74, 6) is -2.78. The second-order valence-corrected chi connectivity index (χ2v) is 4.74. The highest BCUT2D eigenvalue weighted by molar-refractivity contribution is 6.01. The molecule has 22 heavy (non-hydrogen) atoms. The standard InChI is InChI=1S/C14H17F3N2O3/c1-2-3-4-5-19-11-7-8(13(21)22)10(14(15,16)17)6-9(11)12(18)20/h6-7,19H,2-5H2,1H3,(H2,18,20)(H,21,22). The van der Waals surface area contributed by atoms with Gasteiger partial charge in [-0.3, -0.25) is 4.79 Å². The Hall–Kier alpha value is -2.25. The third kappa shape index (κ3) is 4.37. The first-order valence-corrected chi connectivity index (χ1v) is 6.70. The van der Waals surface area contributed by atoms with Crippen LogP contribution in [0.2, 0.25) is 0 Å². The van der Waals surface area contributed by atoms with Crippen molar-refractivity contribution in [3.63, 3.8) is 0 Å². The molecule has 0 aliphatic carbocycles. The SMILES string of the molecule is CCCCCNc1cc(C(=O)O)c(C(F)(F)F)cc1C(N)=O. The molecule has 0 aromatic heterocycles. The van der Waals surface area contributed by atoms with Crippen LogP contribution in [0.25, 0.3) is 0 Å². The summed E-state index contributed by atoms with van der Waals surface area (Å²) < 4.78 is 38.7. The number of carboxylic acids is 1. The summed E-state index contributed by atoms with van der Waals surface area (Å²) in [6.07, 6.45) is -2.32. The van der Waals surface area contributed by atoms with Crippen LogP contribution in [0.15, 0.2) is 12.1 Å². The maximum absolute atomic E-state index is 12.9. The molecule has 0 aliphatic rings. The fourth-order valence-electron chi connectivity index (χ4n) is 1.96. The van der Waals surface area contributed by atoms with Crippen LogP contribution in [-0.4, -0.2) is 23.5 Å². The van der Waals surface area contributed by atoms with Gasteiger partial charge in [0.05, 0.1) is 16.7 Å². The Morgan fingerprint density at radius 3 is 2.32 bits per heavy atom. The lowest BCUT2D eigenvalue weighted by molar-refractivity contribution is -0.138. The Labute approximate surface area is 125 Å². The smallest absolute Gasteiger partial charge is 0.417 e. The van der Waals surface area contributed by atoms with Gasteiger partial charge in [0.15, 0.2) is 0 Å². The lowest BCUT2D eigenvalue weighted by atomic mass is 10.0. The summed E-state index contributed by atoms with van der Waals surface area (Å²) in [7, 11) is 0. The zero-order valence-electron chi connectivity index (χ0n) is 12.0. The summed E-state index contributed by atoms with van der Waals surface area (Å²) in [5, 5.41) is 11.7. The number of unbranched alkanes of at least 4 members (excludes halogenated alkanes) is 2. The van der Waals surface area contributed by atoms with Crippen molar-refractivity contribution < 1.29 is 27.9 Å². The van der Waals surface area contributed by atoms with Gasteiger partial charge in [-0.05, 0) is 18.6 Å². The van der Waals surface area contributed by atoms with Gasteiger partial charge in [0.25, 0.3) is 5.91 Å². The zero-order valence-corrected chi connectivity index (χ0v) is 12.0. The molecule has 0 unspecified atom stereocenters. The molecule has 0 atom stereocenters. The van der Waals surface area contributed by atoms with Gasteiger partial charge in [-0.25, -0.2) is 4.79 Å². The number of alkyl halides is 3. The number of aromatic carboxylic acids is 1. The number of benzene rings is 1. The third-order valence-electron chi connectivity index (χ3n) is 3.05. The number of nitrogens with two attached hydrogens (primary N) is 1. The summed E-state index contributed by atoms with van der Waals surface area (Å²) in [5.41, 5.74) is 2.39. The minimum atomic E-state index is -4.89. The molecular weight excluding hydrogens is 301 g/mol. The maximum atomic E-state index is 12.9. The number of amides is 1. The van der Waals surface area contributed by atoms with Crippen molar-refractivity contribution in [3.05, 3.63) is 28.8 Å². The van der Waals surface area contributed by atoms with Gasteiger partial charge in [0.2, 0.25) is 0 Å². The highest BCUT2D eigenvalue weighted by atomic mass is 19.4. The molecule has 0 bridgehead atoms. The van der Waals surface area contributed by atoms with Crippen molar-refractivity contribution in [1.82, 2.24) is 0 Å². The number of anilines is 1. The Morgan fingerprint density at radius 1 is 1.23 bits per heavy atom. The Balaban J connectivity index is 3.28. The van der Waals surface area contributed by atoms with E-state index in [1.165, 1.54) is 0 Å². The summed E-state index contributed by atoms with van der Waals surface area (Å²) >= 11 is 0. The van der Waals surface area contributed by atoms with Crippen molar-refractivity contribution in [2.45, 2.75) is 32.4 Å². The molecule has 0 fully saturated rings. The van der Waals surface area contributed by atoms with Gasteiger partial charge in [0.1, 0.15) is 0 Å². The molecule has 4 N–H and O–H groups in total. The number of hydrogen-bond acceptors (Lipinski definition) is 3. The summed E-state index contributed by atoms with van der Waals surface area (Å²) in [4.78, 5) is 22.4. The maximum Gasteiger partial charge on any atom is 0.417 e. The lowest BCUT2D eigenvalue weighted by Gasteiger charge is -2.16. The number of primary amides is 1. The zero-order chi connectivity index (χ0) is 16.9. The number of carbonyl (C=O) groups is 2. The minimum Gasteiger partial charge on any atom is -0.478 e. The number of carbonyl (C=O) groups excluding carboxylic acids is 1. The van der Waals surface area contributed by atoms with E-state index in [0.29, 0.717) is 12.6 Å². The van der Waals surface area contributed by atoms with Crippen LogP contribution < -0.4 is 11.1 Å². The van der Waals surface area contributed by atoms with Gasteiger partial charge in [-0.2, -0.15) is 13.2 Å². The molecule has 122 valence electrons. The van der Waals surface area contributed by atoms with Crippen molar-refractivity contribution in [1.29, 1.82) is 0 Å². The van der Waals surface area contributed by atoms with Crippen LogP contribution >= 0.6 is 0 Å². The molecule has 1 amide bonds. The Kier molecular flexibility index (Phi) is 5.78. The molecule has 0 spiro atoms. The van der Waals surface area contributed by atoms with Crippen LogP contribution in [-0.2, 0) is 6.18 Å². The van der Waals surface area contributed by atoms with Crippen molar-refractivity contribution in [3.8, 4) is 0 Å². The Bertz CT molecular complexity index is 571. The van der Waals surface area contributed by atoms with Gasteiger partial charge < -0.3 is 16.2 Å². The van der Waals surface area contributed by atoms with Crippen LogP contribution in [0, 0.1) is 0 Å². The predicted octanol–water partition coefficient (Wildman–Crippen LogP) is 3.10. The van der Waals surface area contributed by atoms with E-state index in [4.69, 9.17) is 10.8 Å². The fraction of sp³-hybridized carbons (Fsp3) is 0.429. The van der Waals surface area contributed by atoms with Crippen molar-refractivity contribution in [2.75, 3.05) is 11.9 Å². The van der Waals surface area contributed by atoms with E-state index in [1.807, 2.05) is 6.92 Å². The van der Waals surface area contributed by atoms with Crippen LogP contribution in [0.1, 0.15) is 52.5 Å². The highest BCUT2D eigenvalue weighted by Gasteiger charge is 2.36. The molecule has 1 aromatic carbocycles. The van der Waals surface area contributed by atoms with E-state index >= 15 is 0 Å². The molecule has 0 saturated carbocycles. The monoisotopic (exact) mass is 318 g/mol. The second-order valence-electron chi connectivity index (χ2n) is 4.74. The first-order chi connectivity index (χ1) is 10.2. The average Bonchev–Trinajstić information content (AvgIpc) is 2.41. The number of rotatable bonds is 7. The van der Waals surface area contributed by atoms with Crippen molar-refractivity contribution in [2.24, 2.45) is 5.73 Å². The molecule has 0 saturated heterocycles. The first-order valence-electron chi connectivity index (χ1n) is 6.70. The van der Waals surface area contributed by atoms with E-state index in [2.05, 4.69) is 5.32 Å². The minimum absolute atomic E-state index is 0.00555. The van der Waals surface area contributed by atoms with Gasteiger partial charge >= 0.3 is 12.1 Å². The number of nitrogens with one attached hydrogen (secondary N) is 1. The summed E-state index contributed by atoms with van der Waals surface area (Å²) in [6.45, 7) is 2.38. The largest absolute Gasteiger partial charge is 0.478 e. The normalized spacial score (nSPS) is 11.3. The molecule has 0 radical (unpaired) electrons. The molecule has 1 rings (SSSR count). The second kappa shape index (κ2) is 7.15. The first kappa shape index (κ1) is 17.8. The number of hydrogen-bond donors (Lipinski definition) is 3. The average molecular weight is 318 g/mol. The van der Waals surface area contributed by atoms with Crippen molar-refractivity contribution >= 4 is 17.6 Å². The topological polar surface area (TPSA) is 92.4 Å². The molecular formula is C14H17F3N2O3. The van der Waals surface area contributed by atoms with E-state index in [1.54, 1.807) is 0 Å². The summed E-state index contributed by atoms with van der Waals surface area (Å²) in [6, 6.07) is 1.28. The van der Waals surface area contributed by atoms with E-state index in [-0.39, 0.29) is 11.3 Å². The third-order valence-corrected chi connectivity index (χ3v) is 3.05. The number of carboxylic acid groups (broad SMARTS) is 1. The van der Waals surface area contributed by atoms with E-state index in [0.717, 1.165) is 25.3 Å². The molecule has 1 aromatic rings. The molecule has 0 heterocycles. The van der Waals surface area contributed by atoms with Gasteiger partial charge in [0, 0.05) is 12.2 Å². The molecule has 5 nitrogen and oxygen atoms in total. The Morgan fingerprint density at radius 2 is 1.86 bits per heavy atom. The highest BCUT2D eigenvalue weighted by Crippen LogP contribution is 2.35. The van der Waals surface area contributed by atoms with E-state index < -0.39 is 29.2 Å². The quantitative estimate of drug-likeness (QED) is 0.674. The van der Waals surface area contributed by atoms with Crippen LogP contribution in [0.3, 0.4) is 0 Å². The van der Waals surface area contributed by atoms with Crippen LogP contribution in [0.5, 0.6) is 0 Å². The lowest BCUT2D eigenvalue weighted by Crippen LogP contribution is -2.20. The fourth-order valence-corrected chi connectivity index (χ4v) is 1.96. The number of halogens is 3. The van der Waals surface area contributed by atoms with Gasteiger partial charge in [-0.1, -0.05) is 19.8 Å². The molecule has 8 heteroatoms. The van der Waals surface area contributed by atoms with Crippen LogP contribution in [0.4, 0.5) is 18.9 Å². The van der Waals surface area contributed by atoms with Gasteiger partial charge in [-0.15, -0.1) is 0 Å². The molecule has 0 aliphatic heterocycles.